The van der Waals surface area contributed by atoms with Gasteiger partial charge >= 0.3 is 0 Å². The molecule has 0 aliphatic carbocycles. The predicted octanol–water partition coefficient (Wildman–Crippen LogP) is 4.67. The van der Waals surface area contributed by atoms with Crippen molar-refractivity contribution >= 4 is 17.3 Å². The maximum atomic E-state index is 12.8. The Morgan fingerprint density at radius 2 is 1.67 bits per heavy atom. The highest BCUT2D eigenvalue weighted by Crippen LogP contribution is 2.31. The number of hydrogen-bond donors (Lipinski definition) is 1. The monoisotopic (exact) mass is 356 g/mol. The van der Waals surface area contributed by atoms with Crippen LogP contribution in [0.25, 0.3) is 0 Å². The Balaban J connectivity index is 1.48. The van der Waals surface area contributed by atoms with Gasteiger partial charge in [0.05, 0.1) is 6.54 Å². The fourth-order valence-corrected chi connectivity index (χ4v) is 3.83. The van der Waals surface area contributed by atoms with Crippen molar-refractivity contribution in [1.29, 1.82) is 0 Å². The summed E-state index contributed by atoms with van der Waals surface area (Å²) in [7, 11) is 0. The zero-order valence-corrected chi connectivity index (χ0v) is 15.6. The SMILES string of the molecule is CC1Cc2ccccc2N1CC(=O)Nc1ccccc1Cc1ccccc1. The van der Waals surface area contributed by atoms with Gasteiger partial charge in [0.2, 0.25) is 5.91 Å². The average molecular weight is 356 g/mol. The molecule has 0 radical (unpaired) electrons. The minimum atomic E-state index is 0.0269. The van der Waals surface area contributed by atoms with Crippen LogP contribution in [0.5, 0.6) is 0 Å². The molecule has 3 nitrogen and oxygen atoms in total. The number of nitrogens with one attached hydrogen (secondary N) is 1. The van der Waals surface area contributed by atoms with E-state index in [0.717, 1.165) is 24.1 Å². The number of carbonyl (C=O) groups is 1. The molecule has 136 valence electrons. The summed E-state index contributed by atoms with van der Waals surface area (Å²) in [6.45, 7) is 2.55. The molecular weight excluding hydrogens is 332 g/mol. The van der Waals surface area contributed by atoms with Gasteiger partial charge < -0.3 is 10.2 Å². The molecule has 1 unspecified atom stereocenters. The minimum absolute atomic E-state index is 0.0269. The van der Waals surface area contributed by atoms with Crippen LogP contribution in [0.15, 0.2) is 78.9 Å². The topological polar surface area (TPSA) is 32.3 Å². The van der Waals surface area contributed by atoms with Crippen LogP contribution < -0.4 is 10.2 Å². The van der Waals surface area contributed by atoms with E-state index in [2.05, 4.69) is 53.5 Å². The van der Waals surface area contributed by atoms with E-state index in [1.165, 1.54) is 16.8 Å². The third-order valence-corrected chi connectivity index (χ3v) is 5.19. The van der Waals surface area contributed by atoms with Gasteiger partial charge in [-0.1, -0.05) is 66.7 Å². The number of amides is 1. The van der Waals surface area contributed by atoms with Crippen molar-refractivity contribution in [2.24, 2.45) is 0 Å². The van der Waals surface area contributed by atoms with Gasteiger partial charge in [-0.25, -0.2) is 0 Å². The number of nitrogens with zero attached hydrogens (tertiary/aromatic N) is 1. The number of anilines is 2. The van der Waals surface area contributed by atoms with E-state index in [1.54, 1.807) is 0 Å². The molecule has 3 aromatic carbocycles. The van der Waals surface area contributed by atoms with Crippen molar-refractivity contribution in [3.05, 3.63) is 95.6 Å². The number of para-hydroxylation sites is 2. The molecule has 27 heavy (non-hydrogen) atoms. The zero-order valence-electron chi connectivity index (χ0n) is 15.6. The second-order valence-electron chi connectivity index (χ2n) is 7.18. The van der Waals surface area contributed by atoms with Crippen molar-refractivity contribution in [2.45, 2.75) is 25.8 Å². The predicted molar refractivity (Wildman–Crippen MR) is 111 cm³/mol. The van der Waals surface area contributed by atoms with Gasteiger partial charge in [-0.2, -0.15) is 0 Å². The lowest BCUT2D eigenvalue weighted by atomic mass is 10.0. The molecule has 0 saturated carbocycles. The first-order valence-electron chi connectivity index (χ1n) is 9.47. The Bertz CT molecular complexity index is 936. The lowest BCUT2D eigenvalue weighted by Crippen LogP contribution is -2.37. The largest absolute Gasteiger partial charge is 0.359 e. The Hall–Kier alpha value is -3.07. The van der Waals surface area contributed by atoms with Crippen LogP contribution in [0.1, 0.15) is 23.6 Å². The first kappa shape index (κ1) is 17.3. The molecule has 1 atom stereocenters. The van der Waals surface area contributed by atoms with E-state index in [9.17, 15) is 4.79 Å². The van der Waals surface area contributed by atoms with Gasteiger partial charge in [0, 0.05) is 17.4 Å². The summed E-state index contributed by atoms with van der Waals surface area (Å²) in [5.74, 6) is 0.0269. The van der Waals surface area contributed by atoms with Gasteiger partial charge in [-0.05, 0) is 48.6 Å². The lowest BCUT2D eigenvalue weighted by molar-refractivity contribution is -0.115. The molecule has 0 fully saturated rings. The Morgan fingerprint density at radius 1 is 0.963 bits per heavy atom. The van der Waals surface area contributed by atoms with Gasteiger partial charge in [0.1, 0.15) is 0 Å². The normalized spacial score (nSPS) is 15.4. The molecule has 0 aromatic heterocycles. The summed E-state index contributed by atoms with van der Waals surface area (Å²) in [6.07, 6.45) is 1.80. The fourth-order valence-electron chi connectivity index (χ4n) is 3.83. The van der Waals surface area contributed by atoms with E-state index in [-0.39, 0.29) is 5.91 Å². The smallest absolute Gasteiger partial charge is 0.243 e. The van der Waals surface area contributed by atoms with Crippen molar-refractivity contribution in [3.8, 4) is 0 Å². The molecule has 1 heterocycles. The lowest BCUT2D eigenvalue weighted by Gasteiger charge is -2.24. The number of hydrogen-bond acceptors (Lipinski definition) is 2. The third kappa shape index (κ3) is 3.87. The summed E-state index contributed by atoms with van der Waals surface area (Å²) in [4.78, 5) is 15.0. The molecule has 3 heteroatoms. The molecule has 1 amide bonds. The molecule has 1 N–H and O–H groups in total. The van der Waals surface area contributed by atoms with Crippen LogP contribution >= 0.6 is 0 Å². The first-order valence-corrected chi connectivity index (χ1v) is 9.47. The van der Waals surface area contributed by atoms with Crippen LogP contribution in [0.3, 0.4) is 0 Å². The highest BCUT2D eigenvalue weighted by molar-refractivity contribution is 5.95. The molecule has 1 aliphatic rings. The Morgan fingerprint density at radius 3 is 2.52 bits per heavy atom. The molecular formula is C24H24N2O. The fraction of sp³-hybridized carbons (Fsp3) is 0.208. The minimum Gasteiger partial charge on any atom is -0.359 e. The van der Waals surface area contributed by atoms with Crippen molar-refractivity contribution in [2.75, 3.05) is 16.8 Å². The number of fused-ring (bicyclic) bond motifs is 1. The summed E-state index contributed by atoms with van der Waals surface area (Å²) in [5, 5.41) is 3.13. The van der Waals surface area contributed by atoms with Crippen LogP contribution in [0, 0.1) is 0 Å². The quantitative estimate of drug-likeness (QED) is 0.721. The summed E-state index contributed by atoms with van der Waals surface area (Å²) in [6, 6.07) is 27.1. The Kier molecular flexibility index (Phi) is 4.93. The molecule has 4 rings (SSSR count). The van der Waals surface area contributed by atoms with Gasteiger partial charge in [0.15, 0.2) is 0 Å². The van der Waals surface area contributed by atoms with Crippen LogP contribution in [0.2, 0.25) is 0 Å². The van der Waals surface area contributed by atoms with Crippen LogP contribution in [-0.4, -0.2) is 18.5 Å². The zero-order chi connectivity index (χ0) is 18.6. The summed E-state index contributed by atoms with van der Waals surface area (Å²) in [5.41, 5.74) is 5.76. The van der Waals surface area contributed by atoms with E-state index >= 15 is 0 Å². The van der Waals surface area contributed by atoms with Crippen LogP contribution in [0.4, 0.5) is 11.4 Å². The number of benzene rings is 3. The van der Waals surface area contributed by atoms with Crippen molar-refractivity contribution in [1.82, 2.24) is 0 Å². The van der Waals surface area contributed by atoms with Crippen LogP contribution in [-0.2, 0) is 17.6 Å². The number of rotatable bonds is 5. The van der Waals surface area contributed by atoms with E-state index in [1.807, 2.05) is 42.5 Å². The molecule has 0 bridgehead atoms. The first-order chi connectivity index (χ1) is 13.2. The van der Waals surface area contributed by atoms with Gasteiger partial charge in [-0.15, -0.1) is 0 Å². The third-order valence-electron chi connectivity index (χ3n) is 5.19. The van der Waals surface area contributed by atoms with Crippen molar-refractivity contribution < 1.29 is 4.79 Å². The molecule has 1 aliphatic heterocycles. The van der Waals surface area contributed by atoms with E-state index < -0.39 is 0 Å². The average Bonchev–Trinajstić information content (AvgIpc) is 2.99. The second-order valence-corrected chi connectivity index (χ2v) is 7.18. The summed E-state index contributed by atoms with van der Waals surface area (Å²) < 4.78 is 0. The van der Waals surface area contributed by atoms with E-state index in [0.29, 0.717) is 12.6 Å². The highest BCUT2D eigenvalue weighted by atomic mass is 16.2. The van der Waals surface area contributed by atoms with E-state index in [4.69, 9.17) is 0 Å². The standard InChI is InChI=1S/C24H24N2O/c1-18-15-21-12-6-8-14-23(21)26(18)17-24(27)25-22-13-7-5-11-20(22)16-19-9-3-2-4-10-19/h2-14,18H,15-17H2,1H3,(H,25,27). The summed E-state index contributed by atoms with van der Waals surface area (Å²) >= 11 is 0. The molecule has 0 spiro atoms. The molecule has 0 saturated heterocycles. The maximum absolute atomic E-state index is 12.8. The van der Waals surface area contributed by atoms with Gasteiger partial charge in [0.25, 0.3) is 0 Å². The molecule has 3 aromatic rings. The maximum Gasteiger partial charge on any atom is 0.243 e. The number of carbonyl (C=O) groups excluding carboxylic acids is 1. The van der Waals surface area contributed by atoms with Crippen molar-refractivity contribution in [3.63, 3.8) is 0 Å². The van der Waals surface area contributed by atoms with Gasteiger partial charge in [-0.3, -0.25) is 4.79 Å². The Labute approximate surface area is 160 Å². The highest BCUT2D eigenvalue weighted by Gasteiger charge is 2.27. The second kappa shape index (κ2) is 7.67.